The number of hydrogen-bond donors (Lipinski definition) is 2. The maximum atomic E-state index is 12.6. The van der Waals surface area contributed by atoms with Crippen molar-refractivity contribution in [1.82, 2.24) is 0 Å². The van der Waals surface area contributed by atoms with Crippen molar-refractivity contribution in [2.24, 2.45) is 0 Å². The normalized spacial score (nSPS) is 11.4. The van der Waals surface area contributed by atoms with Gasteiger partial charge in [-0.15, -0.1) is 0 Å². The third kappa shape index (κ3) is 2.88. The second-order valence-corrected chi connectivity index (χ2v) is 6.98. The summed E-state index contributed by atoms with van der Waals surface area (Å²) in [6.45, 7) is 0. The highest BCUT2D eigenvalue weighted by atomic mass is 35.5. The molecule has 0 aromatic heterocycles. The number of nitrogens with two attached hydrogens (primary N) is 1. The molecule has 0 bridgehead atoms. The summed E-state index contributed by atoms with van der Waals surface area (Å²) in [6, 6.07) is 8.39. The van der Waals surface area contributed by atoms with E-state index in [1.165, 1.54) is 43.4 Å². The monoisotopic (exact) mass is 346 g/mol. The number of benzene rings is 2. The smallest absolute Gasteiger partial charge is 0.265 e. The van der Waals surface area contributed by atoms with E-state index in [0.29, 0.717) is 5.69 Å². The number of halogens is 2. The Kier molecular flexibility index (Phi) is 4.22. The summed E-state index contributed by atoms with van der Waals surface area (Å²) in [5.74, 6) is 0.0401. The minimum absolute atomic E-state index is 0.0125. The number of nitrogens with zero attached hydrogens (tertiary/aromatic N) is 1. The first-order valence-electron chi connectivity index (χ1n) is 5.76. The van der Waals surface area contributed by atoms with Crippen LogP contribution in [0.15, 0.2) is 41.3 Å². The van der Waals surface area contributed by atoms with Gasteiger partial charge in [-0.25, -0.2) is 8.42 Å². The Morgan fingerprint density at radius 3 is 2.24 bits per heavy atom. The standard InChI is InChI=1S/C13H12Cl2N2O3S/c1-17(8-2-4-9(18)5-3-8)21(19,20)11-7-6-10(14)13(16)12(11)15/h2-7,18H,16H2,1H3. The third-order valence-corrected chi connectivity index (χ3v) is 5.62. The lowest BCUT2D eigenvalue weighted by Crippen LogP contribution is -2.26. The Morgan fingerprint density at radius 1 is 1.10 bits per heavy atom. The lowest BCUT2D eigenvalue weighted by Gasteiger charge is -2.20. The highest BCUT2D eigenvalue weighted by Gasteiger charge is 2.25. The van der Waals surface area contributed by atoms with E-state index in [0.717, 1.165) is 4.31 Å². The minimum atomic E-state index is -3.89. The number of sulfonamides is 1. The molecule has 0 unspecified atom stereocenters. The zero-order valence-corrected chi connectivity index (χ0v) is 13.2. The van der Waals surface area contributed by atoms with Gasteiger partial charge in [0.15, 0.2) is 0 Å². The first-order chi connectivity index (χ1) is 9.75. The van der Waals surface area contributed by atoms with Crippen molar-refractivity contribution in [3.8, 4) is 5.75 Å². The van der Waals surface area contributed by atoms with Crippen LogP contribution in [0.4, 0.5) is 11.4 Å². The molecule has 21 heavy (non-hydrogen) atoms. The van der Waals surface area contributed by atoms with Gasteiger partial charge in [0.1, 0.15) is 10.6 Å². The zero-order valence-electron chi connectivity index (χ0n) is 10.9. The Hall–Kier alpha value is -1.63. The van der Waals surface area contributed by atoms with Crippen molar-refractivity contribution in [2.75, 3.05) is 17.1 Å². The van der Waals surface area contributed by atoms with Crippen LogP contribution >= 0.6 is 23.2 Å². The number of phenolic OH excluding ortho intramolecular Hbond substituents is 1. The predicted octanol–water partition coefficient (Wildman–Crippen LogP) is 3.11. The molecule has 0 aliphatic heterocycles. The molecule has 0 aliphatic carbocycles. The van der Waals surface area contributed by atoms with Crippen molar-refractivity contribution in [3.05, 3.63) is 46.4 Å². The maximum absolute atomic E-state index is 12.6. The van der Waals surface area contributed by atoms with Gasteiger partial charge >= 0.3 is 0 Å². The van der Waals surface area contributed by atoms with Crippen LogP contribution in [0.3, 0.4) is 0 Å². The molecule has 112 valence electrons. The summed E-state index contributed by atoms with van der Waals surface area (Å²) in [4.78, 5) is -0.137. The van der Waals surface area contributed by atoms with Gasteiger partial charge in [0.05, 0.1) is 21.4 Å². The van der Waals surface area contributed by atoms with Crippen molar-refractivity contribution in [1.29, 1.82) is 0 Å². The summed E-state index contributed by atoms with van der Waals surface area (Å²) in [5, 5.41) is 9.32. The quantitative estimate of drug-likeness (QED) is 0.836. The molecule has 3 N–H and O–H groups in total. The van der Waals surface area contributed by atoms with Gasteiger partial charge in [0.2, 0.25) is 0 Å². The number of phenols is 1. The molecule has 2 rings (SSSR count). The molecular formula is C13H12Cl2N2O3S. The minimum Gasteiger partial charge on any atom is -0.508 e. The van der Waals surface area contributed by atoms with Crippen LogP contribution in [0.5, 0.6) is 5.75 Å². The Bertz CT molecular complexity index is 777. The maximum Gasteiger partial charge on any atom is 0.265 e. The molecule has 0 atom stereocenters. The lowest BCUT2D eigenvalue weighted by molar-refractivity contribution is 0.475. The largest absolute Gasteiger partial charge is 0.508 e. The Balaban J connectivity index is 2.52. The van der Waals surface area contributed by atoms with E-state index < -0.39 is 10.0 Å². The Morgan fingerprint density at radius 2 is 1.67 bits per heavy atom. The highest BCUT2D eigenvalue weighted by Crippen LogP contribution is 2.35. The summed E-state index contributed by atoms with van der Waals surface area (Å²) in [5.41, 5.74) is 6.04. The SMILES string of the molecule is CN(c1ccc(O)cc1)S(=O)(=O)c1ccc(Cl)c(N)c1Cl. The fourth-order valence-electron chi connectivity index (χ4n) is 1.70. The van der Waals surface area contributed by atoms with Crippen LogP contribution in [-0.2, 0) is 10.0 Å². The molecule has 0 fully saturated rings. The van der Waals surface area contributed by atoms with E-state index in [1.807, 2.05) is 0 Å². The van der Waals surface area contributed by atoms with Gasteiger partial charge in [0.25, 0.3) is 10.0 Å². The van der Waals surface area contributed by atoms with Crippen LogP contribution in [-0.4, -0.2) is 20.6 Å². The van der Waals surface area contributed by atoms with Gasteiger partial charge in [0, 0.05) is 7.05 Å². The van der Waals surface area contributed by atoms with Crippen molar-refractivity contribution < 1.29 is 13.5 Å². The molecule has 0 saturated carbocycles. The molecule has 0 saturated heterocycles. The van der Waals surface area contributed by atoms with Gasteiger partial charge in [-0.2, -0.15) is 0 Å². The van der Waals surface area contributed by atoms with Crippen LogP contribution < -0.4 is 10.0 Å². The number of hydrogen-bond acceptors (Lipinski definition) is 4. The number of aromatic hydroxyl groups is 1. The fourth-order valence-corrected chi connectivity index (χ4v) is 3.63. The molecule has 2 aromatic carbocycles. The molecule has 8 heteroatoms. The lowest BCUT2D eigenvalue weighted by atomic mass is 10.3. The second kappa shape index (κ2) is 5.63. The van der Waals surface area contributed by atoms with Crippen molar-refractivity contribution in [3.63, 3.8) is 0 Å². The Labute approximate surface area is 132 Å². The van der Waals surface area contributed by atoms with E-state index >= 15 is 0 Å². The molecule has 0 heterocycles. The zero-order chi connectivity index (χ0) is 15.8. The van der Waals surface area contributed by atoms with Crippen LogP contribution in [0.25, 0.3) is 0 Å². The third-order valence-electron chi connectivity index (χ3n) is 2.94. The number of anilines is 2. The van der Waals surface area contributed by atoms with Crippen molar-refractivity contribution in [2.45, 2.75) is 4.90 Å². The van der Waals surface area contributed by atoms with Gasteiger partial charge in [-0.3, -0.25) is 4.31 Å². The molecular weight excluding hydrogens is 335 g/mol. The van der Waals surface area contributed by atoms with Gasteiger partial charge in [-0.05, 0) is 36.4 Å². The fraction of sp³-hybridized carbons (Fsp3) is 0.0769. The summed E-state index contributed by atoms with van der Waals surface area (Å²) < 4.78 is 26.2. The molecule has 0 amide bonds. The van der Waals surface area contributed by atoms with Crippen LogP contribution in [0.2, 0.25) is 10.0 Å². The molecule has 5 nitrogen and oxygen atoms in total. The average molecular weight is 347 g/mol. The molecule has 0 spiro atoms. The van der Waals surface area contributed by atoms with E-state index in [2.05, 4.69) is 0 Å². The average Bonchev–Trinajstić information content (AvgIpc) is 2.44. The summed E-state index contributed by atoms with van der Waals surface area (Å²) >= 11 is 11.8. The van der Waals surface area contributed by atoms with Gasteiger partial charge in [-0.1, -0.05) is 23.2 Å². The number of rotatable bonds is 3. The molecule has 0 radical (unpaired) electrons. The van der Waals surface area contributed by atoms with E-state index in [9.17, 15) is 13.5 Å². The summed E-state index contributed by atoms with van der Waals surface area (Å²) in [7, 11) is -2.52. The van der Waals surface area contributed by atoms with E-state index in [-0.39, 0.29) is 26.4 Å². The first-order valence-corrected chi connectivity index (χ1v) is 7.96. The molecule has 0 aliphatic rings. The van der Waals surface area contributed by atoms with E-state index in [1.54, 1.807) is 0 Å². The van der Waals surface area contributed by atoms with Crippen LogP contribution in [0, 0.1) is 0 Å². The predicted molar refractivity (Wildman–Crippen MR) is 84.6 cm³/mol. The first kappa shape index (κ1) is 15.8. The molecule has 2 aromatic rings. The van der Waals surface area contributed by atoms with Gasteiger partial charge < -0.3 is 10.8 Å². The highest BCUT2D eigenvalue weighted by molar-refractivity contribution is 7.93. The topological polar surface area (TPSA) is 83.6 Å². The van der Waals surface area contributed by atoms with Crippen molar-refractivity contribution >= 4 is 44.6 Å². The second-order valence-electron chi connectivity index (χ2n) is 4.26. The van der Waals surface area contributed by atoms with E-state index in [4.69, 9.17) is 28.9 Å². The number of nitrogen functional groups attached to an aromatic ring is 1. The van der Waals surface area contributed by atoms with Crippen LogP contribution in [0.1, 0.15) is 0 Å². The summed E-state index contributed by atoms with van der Waals surface area (Å²) in [6.07, 6.45) is 0.